The number of likely N-dealkylation sites (tertiary alicyclic amines) is 1. The van der Waals surface area contributed by atoms with Crippen molar-refractivity contribution in [2.45, 2.75) is 36.9 Å². The summed E-state index contributed by atoms with van der Waals surface area (Å²) in [6.07, 6.45) is 1.68. The molecule has 0 bridgehead atoms. The van der Waals surface area contributed by atoms with Crippen LogP contribution in [0.3, 0.4) is 0 Å². The Morgan fingerprint density at radius 3 is 2.56 bits per heavy atom. The van der Waals surface area contributed by atoms with Gasteiger partial charge in [-0.2, -0.15) is 0 Å². The van der Waals surface area contributed by atoms with Crippen LogP contribution in [0.25, 0.3) is 0 Å². The van der Waals surface area contributed by atoms with Gasteiger partial charge in [-0.25, -0.2) is 0 Å². The number of aliphatic hydroxyl groups is 1. The minimum atomic E-state index is -0.335. The highest BCUT2D eigenvalue weighted by Gasteiger charge is 2.52. The summed E-state index contributed by atoms with van der Waals surface area (Å²) >= 11 is 7.73. The number of halogens is 1. The lowest BCUT2D eigenvalue weighted by atomic mass is 9.72. The molecule has 1 aromatic heterocycles. The van der Waals surface area contributed by atoms with Gasteiger partial charge in [0.2, 0.25) is 0 Å². The number of piperidine rings is 1. The number of benzene rings is 1. The first-order valence-electron chi connectivity index (χ1n) is 8.92. The van der Waals surface area contributed by atoms with E-state index < -0.39 is 0 Å². The summed E-state index contributed by atoms with van der Waals surface area (Å²) in [6, 6.07) is 12.8. The monoisotopic (exact) mass is 376 g/mol. The minimum absolute atomic E-state index is 0.0962. The maximum absolute atomic E-state index is 11.3. The second-order valence-corrected chi connectivity index (χ2v) is 9.38. The van der Waals surface area contributed by atoms with Gasteiger partial charge in [0, 0.05) is 16.8 Å². The molecule has 1 saturated heterocycles. The molecule has 3 nitrogen and oxygen atoms in total. The number of hydrogen-bond acceptors (Lipinski definition) is 4. The summed E-state index contributed by atoms with van der Waals surface area (Å²) in [6.45, 7) is 2.99. The van der Waals surface area contributed by atoms with E-state index in [1.165, 1.54) is 16.0 Å². The molecule has 1 aliphatic carbocycles. The molecule has 134 valence electrons. The van der Waals surface area contributed by atoms with E-state index in [-0.39, 0.29) is 17.6 Å². The zero-order valence-corrected chi connectivity index (χ0v) is 16.4. The van der Waals surface area contributed by atoms with Crippen LogP contribution in [0.5, 0.6) is 0 Å². The van der Waals surface area contributed by atoms with Gasteiger partial charge < -0.3 is 10.0 Å². The lowest BCUT2D eigenvalue weighted by Gasteiger charge is -2.43. The molecule has 2 heterocycles. The lowest BCUT2D eigenvalue weighted by Crippen LogP contribution is -2.48. The molecule has 2 aliphatic rings. The highest BCUT2D eigenvalue weighted by Crippen LogP contribution is 2.52. The van der Waals surface area contributed by atoms with Crippen LogP contribution in [0.1, 0.15) is 34.9 Å². The largest absolute Gasteiger partial charge is 0.390 e. The van der Waals surface area contributed by atoms with Crippen molar-refractivity contribution < 1.29 is 5.11 Å². The van der Waals surface area contributed by atoms with Gasteiger partial charge in [0.1, 0.15) is 0 Å². The van der Waals surface area contributed by atoms with Crippen molar-refractivity contribution >= 4 is 22.9 Å². The van der Waals surface area contributed by atoms with Crippen LogP contribution in [0.15, 0.2) is 36.4 Å². The van der Waals surface area contributed by atoms with E-state index in [0.717, 1.165) is 36.8 Å². The summed E-state index contributed by atoms with van der Waals surface area (Å²) in [7, 11) is 4.14. The lowest BCUT2D eigenvalue weighted by molar-refractivity contribution is -0.00379. The Morgan fingerprint density at radius 1 is 1.20 bits per heavy atom. The van der Waals surface area contributed by atoms with Gasteiger partial charge in [-0.3, -0.25) is 4.90 Å². The van der Waals surface area contributed by atoms with Crippen LogP contribution >= 0.6 is 22.9 Å². The number of nitrogens with zero attached hydrogens (tertiary/aromatic N) is 2. The number of hydrogen-bond donors (Lipinski definition) is 1. The Morgan fingerprint density at radius 2 is 1.92 bits per heavy atom. The van der Waals surface area contributed by atoms with Gasteiger partial charge in [0.25, 0.3) is 0 Å². The fraction of sp³-hybridized carbons (Fsp3) is 0.500. The minimum Gasteiger partial charge on any atom is -0.390 e. The van der Waals surface area contributed by atoms with Crippen LogP contribution in [-0.2, 0) is 12.0 Å². The number of likely N-dealkylation sites (N-methyl/N-ethyl adjacent to an activating group) is 1. The average molecular weight is 377 g/mol. The third-order valence-electron chi connectivity index (χ3n) is 5.99. The predicted octanol–water partition coefficient (Wildman–Crippen LogP) is 3.91. The zero-order valence-electron chi connectivity index (χ0n) is 14.8. The molecule has 0 amide bonds. The van der Waals surface area contributed by atoms with Crippen LogP contribution in [0.4, 0.5) is 0 Å². The van der Waals surface area contributed by atoms with Gasteiger partial charge in [0.05, 0.1) is 16.5 Å². The van der Waals surface area contributed by atoms with E-state index in [1.807, 2.05) is 6.07 Å². The third kappa shape index (κ3) is 2.94. The van der Waals surface area contributed by atoms with E-state index in [4.69, 9.17) is 11.6 Å². The zero-order chi connectivity index (χ0) is 17.6. The molecule has 1 N–H and O–H groups in total. The molecule has 0 radical (unpaired) electrons. The molecule has 0 unspecified atom stereocenters. The van der Waals surface area contributed by atoms with Crippen LogP contribution in [0.2, 0.25) is 4.34 Å². The van der Waals surface area contributed by atoms with Gasteiger partial charge >= 0.3 is 0 Å². The molecule has 1 spiro atoms. The molecule has 1 fully saturated rings. The van der Waals surface area contributed by atoms with E-state index in [2.05, 4.69) is 54.2 Å². The van der Waals surface area contributed by atoms with E-state index in [0.29, 0.717) is 0 Å². The van der Waals surface area contributed by atoms with Gasteiger partial charge in [-0.05, 0) is 63.3 Å². The Bertz CT molecular complexity index is 752. The van der Waals surface area contributed by atoms with E-state index in [9.17, 15) is 5.11 Å². The molecular formula is C20H25ClN2OS. The number of fused-ring (bicyclic) bond motifs is 2. The second kappa shape index (κ2) is 6.67. The summed E-state index contributed by atoms with van der Waals surface area (Å²) < 4.78 is 0.859. The number of thiophene rings is 1. The SMILES string of the molecule is CN(C)[C@H]1c2ccccc2C2(CCN(Cc3ccc(Cl)s3)CC2)[C@@H]1O. The standard InChI is InChI=1S/C20H25ClN2OS/c1-22(2)18-15-5-3-4-6-16(15)20(19(18)24)9-11-23(12-10-20)13-14-7-8-17(21)25-14/h3-8,18-19,24H,9-13H2,1-2H3/t18-,19+/m0/s1. The molecule has 0 saturated carbocycles. The van der Waals surface area contributed by atoms with Crippen molar-refractivity contribution in [3.8, 4) is 0 Å². The first kappa shape index (κ1) is 17.5. The third-order valence-corrected chi connectivity index (χ3v) is 7.21. The molecule has 1 aliphatic heterocycles. The summed E-state index contributed by atoms with van der Waals surface area (Å²) in [5, 5.41) is 11.3. The average Bonchev–Trinajstić information content (AvgIpc) is 3.10. The van der Waals surface area contributed by atoms with Crippen LogP contribution < -0.4 is 0 Å². The van der Waals surface area contributed by atoms with Gasteiger partial charge in [0.15, 0.2) is 0 Å². The first-order valence-corrected chi connectivity index (χ1v) is 10.1. The fourth-order valence-corrected chi connectivity index (χ4v) is 5.86. The normalized spacial score (nSPS) is 25.6. The van der Waals surface area contributed by atoms with E-state index >= 15 is 0 Å². The van der Waals surface area contributed by atoms with Crippen molar-refractivity contribution in [2.75, 3.05) is 27.2 Å². The highest BCUT2D eigenvalue weighted by atomic mass is 35.5. The quantitative estimate of drug-likeness (QED) is 0.879. The summed E-state index contributed by atoms with van der Waals surface area (Å²) in [4.78, 5) is 5.98. The Balaban J connectivity index is 1.55. The van der Waals surface area contributed by atoms with Crippen molar-refractivity contribution in [1.29, 1.82) is 0 Å². The number of aliphatic hydroxyl groups excluding tert-OH is 1. The molecule has 2 atom stereocenters. The molecule has 1 aromatic carbocycles. The first-order chi connectivity index (χ1) is 12.0. The molecule has 25 heavy (non-hydrogen) atoms. The van der Waals surface area contributed by atoms with Crippen molar-refractivity contribution in [3.05, 3.63) is 56.7 Å². The molecule has 4 rings (SSSR count). The van der Waals surface area contributed by atoms with Gasteiger partial charge in [-0.1, -0.05) is 35.9 Å². The van der Waals surface area contributed by atoms with E-state index in [1.54, 1.807) is 11.3 Å². The van der Waals surface area contributed by atoms with Crippen LogP contribution in [0, 0.1) is 0 Å². The molecular weight excluding hydrogens is 352 g/mol. The Kier molecular flexibility index (Phi) is 4.67. The second-order valence-electron chi connectivity index (χ2n) is 7.58. The smallest absolute Gasteiger partial charge is 0.0931 e. The van der Waals surface area contributed by atoms with Crippen molar-refractivity contribution in [2.24, 2.45) is 0 Å². The van der Waals surface area contributed by atoms with Gasteiger partial charge in [-0.15, -0.1) is 11.3 Å². The summed E-state index contributed by atoms with van der Waals surface area (Å²) in [5.74, 6) is 0. The number of rotatable bonds is 3. The molecule has 2 aromatic rings. The highest BCUT2D eigenvalue weighted by molar-refractivity contribution is 7.16. The topological polar surface area (TPSA) is 26.7 Å². The molecule has 5 heteroatoms. The van der Waals surface area contributed by atoms with Crippen LogP contribution in [-0.4, -0.2) is 48.2 Å². The fourth-order valence-electron chi connectivity index (χ4n) is 4.73. The van der Waals surface area contributed by atoms with Crippen molar-refractivity contribution in [1.82, 2.24) is 9.80 Å². The summed E-state index contributed by atoms with van der Waals surface area (Å²) in [5.41, 5.74) is 2.56. The van der Waals surface area contributed by atoms with Crippen molar-refractivity contribution in [3.63, 3.8) is 0 Å². The maximum atomic E-state index is 11.3. The predicted molar refractivity (Wildman–Crippen MR) is 104 cm³/mol. The maximum Gasteiger partial charge on any atom is 0.0931 e. The Hall–Kier alpha value is -0.910. The Labute approximate surface area is 158 Å².